The largest absolute Gasteiger partial charge is 0.310 e. The lowest BCUT2D eigenvalue weighted by Gasteiger charge is -2.34. The summed E-state index contributed by atoms with van der Waals surface area (Å²) < 4.78 is 2.41. The fraction of sp³-hybridized carbons (Fsp3) is 0.0137. The van der Waals surface area contributed by atoms with Crippen LogP contribution in [0.5, 0.6) is 0 Å². The summed E-state index contributed by atoms with van der Waals surface area (Å²) in [6.07, 6.45) is 0. The van der Waals surface area contributed by atoms with Crippen LogP contribution in [0.2, 0.25) is 0 Å². The van der Waals surface area contributed by atoms with Crippen molar-refractivity contribution in [3.05, 3.63) is 326 Å². The van der Waals surface area contributed by atoms with Gasteiger partial charge in [0.15, 0.2) is 0 Å². The minimum Gasteiger partial charge on any atom is -0.310 e. The predicted octanol–water partition coefficient (Wildman–Crippen LogP) is 19.3. The molecule has 12 aromatic carbocycles. The summed E-state index contributed by atoms with van der Waals surface area (Å²) in [4.78, 5) is 2.41. The van der Waals surface area contributed by atoms with E-state index in [0.717, 1.165) is 22.6 Å². The summed E-state index contributed by atoms with van der Waals surface area (Å²) in [5, 5.41) is 2.52. The van der Waals surface area contributed by atoms with Gasteiger partial charge < -0.3 is 9.47 Å². The SMILES string of the molecule is c1ccc(-c2ccccc2N(c2ccc(-c3ccc(-c4ccccc4-n4c5ccccc5c5ccccc54)cc3)cc2)c2ccc(-c3cccc4c3-c3ccccc3C4(c3ccccc3)c3ccccc3)cc2)cc1. The Morgan fingerprint density at radius 1 is 0.267 bits per heavy atom. The van der Waals surface area contributed by atoms with Crippen LogP contribution in [0.15, 0.2) is 303 Å². The van der Waals surface area contributed by atoms with Gasteiger partial charge in [0, 0.05) is 33.3 Å². The molecule has 0 saturated carbocycles. The topological polar surface area (TPSA) is 8.17 Å². The molecule has 13 aromatic rings. The van der Waals surface area contributed by atoms with E-state index in [2.05, 4.69) is 313 Å². The summed E-state index contributed by atoms with van der Waals surface area (Å²) in [6.45, 7) is 0. The van der Waals surface area contributed by atoms with Crippen LogP contribution in [-0.4, -0.2) is 4.57 Å². The maximum absolute atomic E-state index is 2.41. The van der Waals surface area contributed by atoms with Gasteiger partial charge in [0.25, 0.3) is 0 Å². The molecule has 0 bridgehead atoms. The van der Waals surface area contributed by atoms with Crippen molar-refractivity contribution in [1.29, 1.82) is 0 Å². The molecule has 0 spiro atoms. The van der Waals surface area contributed by atoms with Crippen molar-refractivity contribution in [3.8, 4) is 61.3 Å². The van der Waals surface area contributed by atoms with Gasteiger partial charge in [-0.05, 0) is 115 Å². The normalized spacial score (nSPS) is 12.4. The Kier molecular flexibility index (Phi) is 10.8. The second-order valence-corrected chi connectivity index (χ2v) is 19.5. The van der Waals surface area contributed by atoms with Gasteiger partial charge in [0.1, 0.15) is 0 Å². The lowest BCUT2D eigenvalue weighted by atomic mass is 9.67. The number of rotatable bonds is 10. The summed E-state index contributed by atoms with van der Waals surface area (Å²) in [5.74, 6) is 0. The van der Waals surface area contributed by atoms with Crippen LogP contribution in [0, 0.1) is 0 Å². The molecule has 14 rings (SSSR count). The van der Waals surface area contributed by atoms with E-state index in [1.165, 1.54) is 99.8 Å². The minimum atomic E-state index is -0.462. The maximum Gasteiger partial charge on any atom is 0.0713 e. The smallest absolute Gasteiger partial charge is 0.0713 e. The van der Waals surface area contributed by atoms with Crippen LogP contribution in [0.3, 0.4) is 0 Å². The molecule has 75 heavy (non-hydrogen) atoms. The monoisotopic (exact) mass is 954 g/mol. The lowest BCUT2D eigenvalue weighted by molar-refractivity contribution is 0.768. The first-order valence-electron chi connectivity index (χ1n) is 25.9. The number of anilines is 3. The average Bonchev–Trinajstić information content (AvgIpc) is 4.12. The molecule has 0 radical (unpaired) electrons. The molecule has 2 nitrogen and oxygen atoms in total. The Morgan fingerprint density at radius 3 is 1.31 bits per heavy atom. The number of nitrogens with zero attached hydrogens (tertiary/aromatic N) is 2. The molecule has 1 heterocycles. The lowest BCUT2D eigenvalue weighted by Crippen LogP contribution is -2.28. The molecule has 0 unspecified atom stereocenters. The van der Waals surface area contributed by atoms with E-state index in [-0.39, 0.29) is 0 Å². The number of hydrogen-bond donors (Lipinski definition) is 0. The molecule has 0 amide bonds. The molecule has 0 saturated heterocycles. The van der Waals surface area contributed by atoms with Gasteiger partial charge in [0.2, 0.25) is 0 Å². The quantitative estimate of drug-likeness (QED) is 0.133. The minimum absolute atomic E-state index is 0.462. The number of aromatic nitrogens is 1. The number of para-hydroxylation sites is 4. The maximum atomic E-state index is 2.41. The summed E-state index contributed by atoms with van der Waals surface area (Å²) >= 11 is 0. The molecule has 0 N–H and O–H groups in total. The standard InChI is InChI=1S/C73H50N2/c1-4-21-53(22-5-1)60-27-11-16-35-68(60)74(58-47-43-52(44-48-58)51-39-41-54(42-40-51)61-28-12-17-36-69(61)75-70-37-18-13-29-63(70)64-30-14-19-38-71(64)75)59-49-45-55(46-50-59)62-32-20-34-67-72(62)65-31-10-15-33-66(65)73(67,56-23-6-2-7-24-56)57-25-8-3-9-26-57/h1-50H. The second-order valence-electron chi connectivity index (χ2n) is 19.5. The molecule has 0 fully saturated rings. The zero-order chi connectivity index (χ0) is 49.7. The number of fused-ring (bicyclic) bond motifs is 6. The molecule has 2 heteroatoms. The van der Waals surface area contributed by atoms with E-state index in [1.807, 2.05) is 0 Å². The van der Waals surface area contributed by atoms with Gasteiger partial charge in [-0.2, -0.15) is 0 Å². The summed E-state index contributed by atoms with van der Waals surface area (Å²) in [7, 11) is 0. The fourth-order valence-electron chi connectivity index (χ4n) is 12.2. The summed E-state index contributed by atoms with van der Waals surface area (Å²) in [5.41, 5.74) is 23.5. The van der Waals surface area contributed by atoms with Gasteiger partial charge in [-0.1, -0.05) is 255 Å². The van der Waals surface area contributed by atoms with Gasteiger partial charge in [-0.3, -0.25) is 0 Å². The molecule has 0 atom stereocenters. The van der Waals surface area contributed by atoms with Crippen LogP contribution in [-0.2, 0) is 5.41 Å². The first-order chi connectivity index (χ1) is 37.2. The molecule has 1 aliphatic rings. The summed E-state index contributed by atoms with van der Waals surface area (Å²) in [6, 6.07) is 111. The Bertz CT molecular complexity index is 4100. The Hall–Kier alpha value is -9.76. The van der Waals surface area contributed by atoms with E-state index >= 15 is 0 Å². The van der Waals surface area contributed by atoms with E-state index in [1.54, 1.807) is 0 Å². The van der Waals surface area contributed by atoms with Crippen molar-refractivity contribution < 1.29 is 0 Å². The third kappa shape index (κ3) is 7.25. The number of hydrogen-bond acceptors (Lipinski definition) is 1. The molecular weight excluding hydrogens is 905 g/mol. The highest BCUT2D eigenvalue weighted by Gasteiger charge is 2.46. The van der Waals surface area contributed by atoms with E-state index in [4.69, 9.17) is 0 Å². The first-order valence-corrected chi connectivity index (χ1v) is 25.9. The third-order valence-electron chi connectivity index (χ3n) is 15.5. The van der Waals surface area contributed by atoms with E-state index in [0.29, 0.717) is 0 Å². The molecule has 1 aliphatic carbocycles. The molecule has 0 aliphatic heterocycles. The Morgan fingerprint density at radius 2 is 0.680 bits per heavy atom. The van der Waals surface area contributed by atoms with Crippen LogP contribution >= 0.6 is 0 Å². The fourth-order valence-corrected chi connectivity index (χ4v) is 12.2. The average molecular weight is 955 g/mol. The highest BCUT2D eigenvalue weighted by Crippen LogP contribution is 2.58. The van der Waals surface area contributed by atoms with Crippen molar-refractivity contribution in [2.75, 3.05) is 4.90 Å². The highest BCUT2D eigenvalue weighted by atomic mass is 15.1. The van der Waals surface area contributed by atoms with Gasteiger partial charge in [-0.25, -0.2) is 0 Å². The van der Waals surface area contributed by atoms with Crippen molar-refractivity contribution >= 4 is 38.9 Å². The van der Waals surface area contributed by atoms with Crippen molar-refractivity contribution in [2.24, 2.45) is 0 Å². The van der Waals surface area contributed by atoms with Crippen LogP contribution in [0.1, 0.15) is 22.3 Å². The Labute approximate surface area is 438 Å². The second kappa shape index (κ2) is 18.4. The van der Waals surface area contributed by atoms with Crippen LogP contribution in [0.4, 0.5) is 17.1 Å². The van der Waals surface area contributed by atoms with Gasteiger partial charge >= 0.3 is 0 Å². The van der Waals surface area contributed by atoms with E-state index < -0.39 is 5.41 Å². The third-order valence-corrected chi connectivity index (χ3v) is 15.5. The molecule has 352 valence electrons. The Balaban J connectivity index is 0.841. The van der Waals surface area contributed by atoms with Crippen molar-refractivity contribution in [1.82, 2.24) is 4.57 Å². The van der Waals surface area contributed by atoms with Gasteiger partial charge in [-0.15, -0.1) is 0 Å². The zero-order valence-electron chi connectivity index (χ0n) is 41.3. The molecule has 1 aromatic heterocycles. The van der Waals surface area contributed by atoms with Crippen LogP contribution in [0.25, 0.3) is 83.1 Å². The van der Waals surface area contributed by atoms with Crippen molar-refractivity contribution in [3.63, 3.8) is 0 Å². The highest BCUT2D eigenvalue weighted by molar-refractivity contribution is 6.10. The van der Waals surface area contributed by atoms with Crippen LogP contribution < -0.4 is 4.90 Å². The van der Waals surface area contributed by atoms with Gasteiger partial charge in [0.05, 0.1) is 27.8 Å². The van der Waals surface area contributed by atoms with E-state index in [9.17, 15) is 0 Å². The predicted molar refractivity (Wildman–Crippen MR) is 315 cm³/mol. The van der Waals surface area contributed by atoms with Crippen molar-refractivity contribution in [2.45, 2.75) is 5.41 Å². The molecular formula is C73H50N2. The zero-order valence-corrected chi connectivity index (χ0v) is 41.3. The first kappa shape index (κ1) is 44.0. The number of benzene rings is 12.